The van der Waals surface area contributed by atoms with Crippen LogP contribution >= 0.6 is 24.0 Å². The minimum atomic E-state index is -0.315. The maximum atomic E-state index is 10.9. The van der Waals surface area contributed by atoms with E-state index in [-0.39, 0.29) is 17.6 Å². The molecule has 1 rings (SSSR count). The fourth-order valence-corrected chi connectivity index (χ4v) is 3.14. The van der Waals surface area contributed by atoms with Crippen LogP contribution in [0.5, 0.6) is 0 Å². The number of carbonyl (C=O) groups excluding carboxylic acids is 1. The van der Waals surface area contributed by atoms with E-state index >= 15 is 0 Å². The Morgan fingerprint density at radius 3 is 2.04 bits per heavy atom. The van der Waals surface area contributed by atoms with E-state index in [4.69, 9.17) is 11.6 Å². The van der Waals surface area contributed by atoms with E-state index in [0.717, 1.165) is 30.6 Å². The highest BCUT2D eigenvalue weighted by molar-refractivity contribution is 6.63. The number of halogens is 2. The summed E-state index contributed by atoms with van der Waals surface area (Å²) in [5.41, 5.74) is 2.05. The van der Waals surface area contributed by atoms with Crippen LogP contribution in [0.4, 0.5) is 5.69 Å². The highest BCUT2D eigenvalue weighted by Crippen LogP contribution is 2.12. The minimum absolute atomic E-state index is 0. The summed E-state index contributed by atoms with van der Waals surface area (Å²) in [5.74, 6) is 0. The molecule has 4 heteroatoms. The SMILES string of the molecule is CCCCCCCCCCC=CCCCNc1ccc(CC(=O)Cl)cc1.Cl. The van der Waals surface area contributed by atoms with Gasteiger partial charge in [-0.15, -0.1) is 12.4 Å². The zero-order valence-corrected chi connectivity index (χ0v) is 18.4. The summed E-state index contributed by atoms with van der Waals surface area (Å²) in [6.07, 6.45) is 19.6. The Balaban J connectivity index is 0.00000676. The molecule has 0 radical (unpaired) electrons. The van der Waals surface area contributed by atoms with Gasteiger partial charge in [-0.2, -0.15) is 0 Å². The van der Waals surface area contributed by atoms with Crippen molar-refractivity contribution in [2.75, 3.05) is 11.9 Å². The van der Waals surface area contributed by atoms with Crippen LogP contribution in [0.25, 0.3) is 0 Å². The molecule has 154 valence electrons. The number of carbonyl (C=O) groups is 1. The van der Waals surface area contributed by atoms with Crippen LogP contribution in [0.15, 0.2) is 36.4 Å². The third-order valence-corrected chi connectivity index (χ3v) is 4.70. The van der Waals surface area contributed by atoms with Crippen molar-refractivity contribution in [2.45, 2.75) is 84.0 Å². The molecule has 0 aliphatic rings. The molecule has 0 saturated heterocycles. The molecule has 0 fully saturated rings. The molecule has 0 aliphatic heterocycles. The molecule has 1 aromatic carbocycles. The van der Waals surface area contributed by atoms with Gasteiger partial charge in [0.2, 0.25) is 5.24 Å². The first-order chi connectivity index (χ1) is 12.7. The van der Waals surface area contributed by atoms with Gasteiger partial charge in [-0.1, -0.05) is 76.2 Å². The lowest BCUT2D eigenvalue weighted by molar-refractivity contribution is -0.111. The fraction of sp³-hybridized carbons (Fsp3) is 0.609. The monoisotopic (exact) mass is 413 g/mol. The summed E-state index contributed by atoms with van der Waals surface area (Å²) in [6, 6.07) is 7.92. The number of nitrogens with one attached hydrogen (secondary N) is 1. The van der Waals surface area contributed by atoms with Crippen molar-refractivity contribution < 1.29 is 4.79 Å². The van der Waals surface area contributed by atoms with Crippen LogP contribution in [0.3, 0.4) is 0 Å². The van der Waals surface area contributed by atoms with Crippen molar-refractivity contribution in [3.8, 4) is 0 Å². The number of unbranched alkanes of at least 4 members (excludes halogenated alkanes) is 9. The van der Waals surface area contributed by atoms with E-state index in [1.807, 2.05) is 24.3 Å². The van der Waals surface area contributed by atoms with Gasteiger partial charge >= 0.3 is 0 Å². The lowest BCUT2D eigenvalue weighted by Crippen LogP contribution is -2.01. The lowest BCUT2D eigenvalue weighted by atomic mass is 10.1. The molecule has 0 saturated carbocycles. The zero-order chi connectivity index (χ0) is 18.9. The quantitative estimate of drug-likeness (QED) is 0.171. The standard InChI is InChI=1S/C23H36ClNO.ClH/c1-2-3-4-5-6-7-8-9-10-11-12-13-14-19-25-22-17-15-21(16-18-22)20-23(24)26;/h11-12,15-18,25H,2-10,13-14,19-20H2,1H3;1H. The molecule has 0 amide bonds. The van der Waals surface area contributed by atoms with Gasteiger partial charge in [0.25, 0.3) is 0 Å². The highest BCUT2D eigenvalue weighted by atomic mass is 35.5. The Labute approximate surface area is 177 Å². The van der Waals surface area contributed by atoms with Crippen molar-refractivity contribution in [1.82, 2.24) is 0 Å². The second-order valence-electron chi connectivity index (χ2n) is 7.03. The molecule has 0 bridgehead atoms. The first-order valence-electron chi connectivity index (χ1n) is 10.4. The topological polar surface area (TPSA) is 29.1 Å². The van der Waals surface area contributed by atoms with Gasteiger partial charge in [-0.05, 0) is 55.0 Å². The number of allylic oxidation sites excluding steroid dienone is 2. The Morgan fingerprint density at radius 1 is 0.889 bits per heavy atom. The van der Waals surface area contributed by atoms with E-state index in [1.54, 1.807) is 0 Å². The summed E-state index contributed by atoms with van der Waals surface area (Å²) in [5, 5.41) is 3.10. The number of hydrogen-bond acceptors (Lipinski definition) is 2. The van der Waals surface area contributed by atoms with Gasteiger partial charge in [0.1, 0.15) is 0 Å². The average molecular weight is 414 g/mol. The third kappa shape index (κ3) is 15.7. The van der Waals surface area contributed by atoms with Crippen molar-refractivity contribution in [3.63, 3.8) is 0 Å². The molecule has 1 N–H and O–H groups in total. The number of rotatable bonds is 16. The van der Waals surface area contributed by atoms with Gasteiger partial charge in [-0.3, -0.25) is 4.79 Å². The largest absolute Gasteiger partial charge is 0.385 e. The van der Waals surface area contributed by atoms with E-state index in [1.165, 1.54) is 57.8 Å². The second-order valence-corrected chi connectivity index (χ2v) is 7.45. The molecule has 0 unspecified atom stereocenters. The van der Waals surface area contributed by atoms with Crippen molar-refractivity contribution >= 4 is 34.9 Å². The number of hydrogen-bond donors (Lipinski definition) is 1. The second kappa shape index (κ2) is 18.4. The summed E-state index contributed by atoms with van der Waals surface area (Å²) in [4.78, 5) is 10.9. The third-order valence-electron chi connectivity index (χ3n) is 4.56. The summed E-state index contributed by atoms with van der Waals surface area (Å²) in [6.45, 7) is 3.24. The van der Waals surface area contributed by atoms with Crippen LogP contribution < -0.4 is 5.32 Å². The predicted octanol–water partition coefficient (Wildman–Crippen LogP) is 7.70. The molecular formula is C23H37Cl2NO. The predicted molar refractivity (Wildman–Crippen MR) is 122 cm³/mol. The van der Waals surface area contributed by atoms with Crippen LogP contribution in [0.2, 0.25) is 0 Å². The summed E-state index contributed by atoms with van der Waals surface area (Å²) >= 11 is 5.39. The van der Waals surface area contributed by atoms with Crippen LogP contribution in [-0.2, 0) is 11.2 Å². The normalized spacial score (nSPS) is 10.7. The first kappa shape index (κ1) is 26.0. The van der Waals surface area contributed by atoms with Crippen LogP contribution in [0, 0.1) is 0 Å². The highest BCUT2D eigenvalue weighted by Gasteiger charge is 1.99. The minimum Gasteiger partial charge on any atom is -0.385 e. The fourth-order valence-electron chi connectivity index (χ4n) is 2.99. The van der Waals surface area contributed by atoms with Crippen molar-refractivity contribution in [1.29, 1.82) is 0 Å². The van der Waals surface area contributed by atoms with Crippen LogP contribution in [0.1, 0.15) is 83.1 Å². The molecule has 0 atom stereocenters. The Hall–Kier alpha value is -0.990. The molecular weight excluding hydrogens is 377 g/mol. The van der Waals surface area contributed by atoms with E-state index < -0.39 is 0 Å². The van der Waals surface area contributed by atoms with Gasteiger partial charge in [0.05, 0.1) is 0 Å². The molecule has 0 aliphatic carbocycles. The van der Waals surface area contributed by atoms with Crippen LogP contribution in [-0.4, -0.2) is 11.8 Å². The maximum absolute atomic E-state index is 10.9. The van der Waals surface area contributed by atoms with E-state index in [9.17, 15) is 4.79 Å². The zero-order valence-electron chi connectivity index (χ0n) is 16.9. The molecule has 2 nitrogen and oxygen atoms in total. The van der Waals surface area contributed by atoms with Crippen molar-refractivity contribution in [2.24, 2.45) is 0 Å². The average Bonchev–Trinajstić information content (AvgIpc) is 2.63. The van der Waals surface area contributed by atoms with Crippen molar-refractivity contribution in [3.05, 3.63) is 42.0 Å². The van der Waals surface area contributed by atoms with Gasteiger partial charge in [0, 0.05) is 18.7 Å². The molecule has 0 aromatic heterocycles. The maximum Gasteiger partial charge on any atom is 0.226 e. The van der Waals surface area contributed by atoms with E-state index in [0.29, 0.717) is 6.42 Å². The van der Waals surface area contributed by atoms with E-state index in [2.05, 4.69) is 24.4 Å². The number of benzene rings is 1. The summed E-state index contributed by atoms with van der Waals surface area (Å²) < 4.78 is 0. The molecule has 1 aromatic rings. The Bertz CT molecular complexity index is 500. The Morgan fingerprint density at radius 2 is 1.44 bits per heavy atom. The van der Waals surface area contributed by atoms with Gasteiger partial charge < -0.3 is 5.32 Å². The molecule has 0 heterocycles. The Kier molecular flexibility index (Phi) is 17.7. The number of anilines is 1. The van der Waals surface area contributed by atoms with Gasteiger partial charge in [-0.25, -0.2) is 0 Å². The smallest absolute Gasteiger partial charge is 0.226 e. The van der Waals surface area contributed by atoms with Gasteiger partial charge in [0.15, 0.2) is 0 Å². The molecule has 0 spiro atoms. The molecule has 27 heavy (non-hydrogen) atoms. The lowest BCUT2D eigenvalue weighted by Gasteiger charge is -2.06. The first-order valence-corrected chi connectivity index (χ1v) is 10.8. The summed E-state index contributed by atoms with van der Waals surface area (Å²) in [7, 11) is 0.